The van der Waals surface area contributed by atoms with Crippen LogP contribution in [-0.4, -0.2) is 10.8 Å². The maximum absolute atomic E-state index is 12.5. The summed E-state index contributed by atoms with van der Waals surface area (Å²) in [6.07, 6.45) is 0. The van der Waals surface area contributed by atoms with Gasteiger partial charge in [-0.25, -0.2) is 0 Å². The number of rotatable bonds is 6. The Bertz CT molecular complexity index is 1040. The molecule has 0 atom stereocenters. The summed E-state index contributed by atoms with van der Waals surface area (Å²) >= 11 is 7.46. The fraction of sp³-hybridized carbons (Fsp3) is 0.0952. The normalized spacial score (nSPS) is 10.5. The zero-order chi connectivity index (χ0) is 20.1. The summed E-state index contributed by atoms with van der Waals surface area (Å²) in [6, 6.07) is 19.4. The molecule has 1 amide bonds. The molecule has 7 heteroatoms. The summed E-state index contributed by atoms with van der Waals surface area (Å²) in [6.45, 7) is 1.72. The highest BCUT2D eigenvalue weighted by Gasteiger charge is 2.13. The van der Waals surface area contributed by atoms with Crippen molar-refractivity contribution < 1.29 is 9.72 Å². The average molecular weight is 413 g/mol. The largest absolute Gasteiger partial charge is 0.321 e. The standard InChI is InChI=1S/C21H17ClN2O3S/c1-14-9-10-15(11-19(14)24(26)27)13-28-20-8-3-2-7-18(20)23-21(25)16-5-4-6-17(22)12-16/h2-12H,13H2,1H3,(H,23,25). The Hall–Kier alpha value is -2.83. The zero-order valence-electron chi connectivity index (χ0n) is 15.0. The molecule has 0 spiro atoms. The molecule has 0 fully saturated rings. The van der Waals surface area contributed by atoms with E-state index in [2.05, 4.69) is 5.32 Å². The first-order valence-corrected chi connectivity index (χ1v) is 9.83. The van der Waals surface area contributed by atoms with Gasteiger partial charge < -0.3 is 5.32 Å². The predicted molar refractivity (Wildman–Crippen MR) is 113 cm³/mol. The molecular formula is C21H17ClN2O3S. The van der Waals surface area contributed by atoms with Crippen LogP contribution in [0.4, 0.5) is 11.4 Å². The van der Waals surface area contributed by atoms with Crippen LogP contribution in [0.5, 0.6) is 0 Å². The van der Waals surface area contributed by atoms with Crippen LogP contribution in [0.15, 0.2) is 71.6 Å². The lowest BCUT2D eigenvalue weighted by Gasteiger charge is -2.11. The van der Waals surface area contributed by atoms with Crippen molar-refractivity contribution in [1.29, 1.82) is 0 Å². The molecule has 0 bridgehead atoms. The minimum Gasteiger partial charge on any atom is -0.321 e. The lowest BCUT2D eigenvalue weighted by Crippen LogP contribution is -2.12. The maximum atomic E-state index is 12.5. The molecule has 0 aliphatic carbocycles. The number of carbonyl (C=O) groups is 1. The van der Waals surface area contributed by atoms with Crippen LogP contribution in [0.2, 0.25) is 5.02 Å². The Labute approximate surface area is 171 Å². The van der Waals surface area contributed by atoms with Crippen molar-refractivity contribution in [3.63, 3.8) is 0 Å². The molecule has 28 heavy (non-hydrogen) atoms. The number of amides is 1. The molecule has 0 unspecified atom stereocenters. The SMILES string of the molecule is Cc1ccc(CSc2ccccc2NC(=O)c2cccc(Cl)c2)cc1[N+](=O)[O-]. The minimum absolute atomic E-state index is 0.112. The van der Waals surface area contributed by atoms with Crippen LogP contribution in [0.3, 0.4) is 0 Å². The van der Waals surface area contributed by atoms with E-state index < -0.39 is 0 Å². The van der Waals surface area contributed by atoms with Gasteiger partial charge in [0.1, 0.15) is 0 Å². The highest BCUT2D eigenvalue weighted by atomic mass is 35.5. The van der Waals surface area contributed by atoms with Gasteiger partial charge in [0.2, 0.25) is 0 Å². The smallest absolute Gasteiger partial charge is 0.272 e. The van der Waals surface area contributed by atoms with Crippen molar-refractivity contribution >= 4 is 40.6 Å². The number of nitrogens with one attached hydrogen (secondary N) is 1. The first-order chi connectivity index (χ1) is 13.4. The first-order valence-electron chi connectivity index (χ1n) is 8.46. The fourth-order valence-electron chi connectivity index (χ4n) is 2.62. The third kappa shape index (κ3) is 4.91. The van der Waals surface area contributed by atoms with Gasteiger partial charge in [0, 0.05) is 32.9 Å². The fourth-order valence-corrected chi connectivity index (χ4v) is 3.76. The minimum atomic E-state index is -0.372. The lowest BCUT2D eigenvalue weighted by molar-refractivity contribution is -0.385. The highest BCUT2D eigenvalue weighted by Crippen LogP contribution is 2.31. The number of thioether (sulfide) groups is 1. The Kier molecular flexibility index (Phi) is 6.34. The molecule has 0 heterocycles. The van der Waals surface area contributed by atoms with Crippen LogP contribution >= 0.6 is 23.4 Å². The van der Waals surface area contributed by atoms with Gasteiger partial charge in [-0.15, -0.1) is 11.8 Å². The lowest BCUT2D eigenvalue weighted by atomic mass is 10.1. The molecular weight excluding hydrogens is 396 g/mol. The monoisotopic (exact) mass is 412 g/mol. The van der Waals surface area contributed by atoms with Crippen molar-refractivity contribution in [2.24, 2.45) is 0 Å². The molecule has 0 saturated heterocycles. The van der Waals surface area contributed by atoms with Crippen molar-refractivity contribution in [3.8, 4) is 0 Å². The molecule has 3 rings (SSSR count). The topological polar surface area (TPSA) is 72.2 Å². The van der Waals surface area contributed by atoms with Crippen LogP contribution in [0.25, 0.3) is 0 Å². The van der Waals surface area contributed by atoms with Crippen LogP contribution < -0.4 is 5.32 Å². The number of hydrogen-bond acceptors (Lipinski definition) is 4. The second-order valence-electron chi connectivity index (χ2n) is 6.13. The van der Waals surface area contributed by atoms with E-state index in [-0.39, 0.29) is 16.5 Å². The average Bonchev–Trinajstić information content (AvgIpc) is 2.68. The number of nitro groups is 1. The van der Waals surface area contributed by atoms with Crippen molar-refractivity contribution in [1.82, 2.24) is 0 Å². The number of benzene rings is 3. The molecule has 3 aromatic rings. The number of para-hydroxylation sites is 1. The summed E-state index contributed by atoms with van der Waals surface area (Å²) in [5.74, 6) is 0.298. The van der Waals surface area contributed by atoms with E-state index in [1.807, 2.05) is 30.3 Å². The van der Waals surface area contributed by atoms with E-state index >= 15 is 0 Å². The third-order valence-electron chi connectivity index (χ3n) is 4.09. The molecule has 142 valence electrons. The van der Waals surface area contributed by atoms with Crippen molar-refractivity contribution in [2.45, 2.75) is 17.6 Å². The van der Waals surface area contributed by atoms with E-state index in [4.69, 9.17) is 11.6 Å². The highest BCUT2D eigenvalue weighted by molar-refractivity contribution is 7.98. The quantitative estimate of drug-likeness (QED) is 0.301. The van der Waals surface area contributed by atoms with E-state index in [0.717, 1.165) is 10.5 Å². The number of anilines is 1. The third-order valence-corrected chi connectivity index (χ3v) is 5.47. The van der Waals surface area contributed by atoms with Crippen LogP contribution in [0.1, 0.15) is 21.5 Å². The van der Waals surface area contributed by atoms with Gasteiger partial charge >= 0.3 is 0 Å². The molecule has 0 aliphatic rings. The number of nitro benzene ring substituents is 1. The van der Waals surface area contributed by atoms with E-state index in [1.54, 1.807) is 43.3 Å². The van der Waals surface area contributed by atoms with Gasteiger partial charge in [-0.2, -0.15) is 0 Å². The second-order valence-corrected chi connectivity index (χ2v) is 7.58. The van der Waals surface area contributed by atoms with Crippen molar-refractivity contribution in [2.75, 3.05) is 5.32 Å². The van der Waals surface area contributed by atoms with Crippen LogP contribution in [0, 0.1) is 17.0 Å². The van der Waals surface area contributed by atoms with Gasteiger partial charge in [-0.3, -0.25) is 14.9 Å². The Morgan fingerprint density at radius 2 is 1.89 bits per heavy atom. The number of carbonyl (C=O) groups excluding carboxylic acids is 1. The Morgan fingerprint density at radius 1 is 1.11 bits per heavy atom. The van der Waals surface area contributed by atoms with E-state index in [0.29, 0.717) is 27.6 Å². The van der Waals surface area contributed by atoms with Gasteiger partial charge in [0.25, 0.3) is 11.6 Å². The summed E-state index contributed by atoms with van der Waals surface area (Å²) in [5, 5.41) is 14.5. The summed E-state index contributed by atoms with van der Waals surface area (Å²) < 4.78 is 0. The number of halogens is 1. The van der Waals surface area contributed by atoms with Crippen LogP contribution in [-0.2, 0) is 5.75 Å². The molecule has 3 aromatic carbocycles. The summed E-state index contributed by atoms with van der Waals surface area (Å²) in [5.41, 5.74) is 2.74. The second kappa shape index (κ2) is 8.91. The number of aryl methyl sites for hydroxylation is 1. The maximum Gasteiger partial charge on any atom is 0.272 e. The Morgan fingerprint density at radius 3 is 2.64 bits per heavy atom. The molecule has 5 nitrogen and oxygen atoms in total. The summed E-state index contributed by atoms with van der Waals surface area (Å²) in [7, 11) is 0. The molecule has 0 saturated carbocycles. The van der Waals surface area contributed by atoms with Gasteiger partial charge in [-0.05, 0) is 42.8 Å². The molecule has 0 aliphatic heterocycles. The van der Waals surface area contributed by atoms with Crippen molar-refractivity contribution in [3.05, 3.63) is 98.6 Å². The number of nitrogens with zero attached hydrogens (tertiary/aromatic N) is 1. The molecule has 1 N–H and O–H groups in total. The Balaban J connectivity index is 1.75. The molecule has 0 aromatic heterocycles. The van der Waals surface area contributed by atoms with Gasteiger partial charge in [-0.1, -0.05) is 41.9 Å². The number of hydrogen-bond donors (Lipinski definition) is 1. The van der Waals surface area contributed by atoms with E-state index in [9.17, 15) is 14.9 Å². The van der Waals surface area contributed by atoms with Gasteiger partial charge in [0.05, 0.1) is 10.6 Å². The molecule has 0 radical (unpaired) electrons. The van der Waals surface area contributed by atoms with Gasteiger partial charge in [0.15, 0.2) is 0 Å². The van der Waals surface area contributed by atoms with E-state index in [1.165, 1.54) is 11.8 Å². The summed E-state index contributed by atoms with van der Waals surface area (Å²) in [4.78, 5) is 24.1. The zero-order valence-corrected chi connectivity index (χ0v) is 16.6. The first kappa shape index (κ1) is 19.9. The predicted octanol–water partition coefficient (Wildman–Crippen LogP) is 6.10.